The van der Waals surface area contributed by atoms with E-state index in [1.807, 2.05) is 6.07 Å². The van der Waals surface area contributed by atoms with Crippen molar-refractivity contribution in [2.75, 3.05) is 26.2 Å². The zero-order valence-electron chi connectivity index (χ0n) is 16.7. The number of ether oxygens (including phenoxy) is 1. The molecule has 1 amide bonds. The number of nitrogens with one attached hydrogen (secondary N) is 1. The number of piperidine rings is 1. The summed E-state index contributed by atoms with van der Waals surface area (Å²) in [6.07, 6.45) is 0.781. The molecule has 0 radical (unpaired) electrons. The van der Waals surface area contributed by atoms with Gasteiger partial charge in [-0.15, -0.1) is 0 Å². The summed E-state index contributed by atoms with van der Waals surface area (Å²) >= 11 is 12.0. The first kappa shape index (κ1) is 23.8. The van der Waals surface area contributed by atoms with E-state index in [1.165, 1.54) is 22.5 Å². The highest BCUT2D eigenvalue weighted by molar-refractivity contribution is 7.88. The van der Waals surface area contributed by atoms with Crippen LogP contribution in [0, 0.1) is 11.7 Å². The summed E-state index contributed by atoms with van der Waals surface area (Å²) < 4.78 is 46.1. The second kappa shape index (κ2) is 10.6. The molecule has 0 atom stereocenters. The van der Waals surface area contributed by atoms with E-state index in [-0.39, 0.29) is 42.1 Å². The van der Waals surface area contributed by atoms with E-state index in [2.05, 4.69) is 5.32 Å². The lowest BCUT2D eigenvalue weighted by Gasteiger charge is -2.30. The van der Waals surface area contributed by atoms with E-state index >= 15 is 0 Å². The Labute approximate surface area is 191 Å². The van der Waals surface area contributed by atoms with Gasteiger partial charge in [0.1, 0.15) is 18.2 Å². The molecule has 3 rings (SSSR count). The van der Waals surface area contributed by atoms with Gasteiger partial charge in [-0.2, -0.15) is 0 Å². The van der Waals surface area contributed by atoms with Crippen LogP contribution < -0.4 is 10.1 Å². The Bertz CT molecular complexity index is 1010. The van der Waals surface area contributed by atoms with Gasteiger partial charge in [0, 0.05) is 29.6 Å². The monoisotopic (exact) mass is 488 g/mol. The number of amides is 1. The Hall–Kier alpha value is -1.87. The van der Waals surface area contributed by atoms with E-state index in [0.29, 0.717) is 30.2 Å². The summed E-state index contributed by atoms with van der Waals surface area (Å²) in [5.74, 6) is -1.04. The van der Waals surface area contributed by atoms with Crippen molar-refractivity contribution in [1.29, 1.82) is 0 Å². The van der Waals surface area contributed by atoms with E-state index in [4.69, 9.17) is 27.9 Å². The Morgan fingerprint density at radius 3 is 2.45 bits per heavy atom. The van der Waals surface area contributed by atoms with E-state index < -0.39 is 21.6 Å². The van der Waals surface area contributed by atoms with Crippen molar-refractivity contribution in [2.24, 2.45) is 5.92 Å². The third kappa shape index (κ3) is 6.32. The lowest BCUT2D eigenvalue weighted by atomic mass is 9.97. The smallest absolute Gasteiger partial charge is 0.223 e. The number of benzene rings is 2. The number of nitrogens with zero attached hydrogens (tertiary/aromatic N) is 1. The fraction of sp³-hybridized carbons (Fsp3) is 0.381. The molecule has 1 aliphatic heterocycles. The Kier molecular flexibility index (Phi) is 8.16. The van der Waals surface area contributed by atoms with Crippen molar-refractivity contribution in [1.82, 2.24) is 9.62 Å². The maximum Gasteiger partial charge on any atom is 0.223 e. The second-order valence-corrected chi connectivity index (χ2v) is 9.98. The summed E-state index contributed by atoms with van der Waals surface area (Å²) in [5.41, 5.74) is -0.0393. The van der Waals surface area contributed by atoms with Crippen molar-refractivity contribution < 1.29 is 22.3 Å². The van der Waals surface area contributed by atoms with Crippen LogP contribution in [0.25, 0.3) is 0 Å². The number of para-hydroxylation sites is 1. The molecule has 1 N–H and O–H groups in total. The molecule has 1 saturated heterocycles. The lowest BCUT2D eigenvalue weighted by molar-refractivity contribution is -0.126. The molecule has 2 aromatic rings. The zero-order valence-corrected chi connectivity index (χ0v) is 19.0. The van der Waals surface area contributed by atoms with Crippen LogP contribution in [-0.2, 0) is 20.6 Å². The standard InChI is InChI=1S/C21H23Cl2FN2O4S/c22-17-5-3-6-19(24)16(17)14-31(28,29)26-11-8-15(9-12-26)21(27)25-10-13-30-20-7-2-1-4-18(20)23/h1-7,15H,8-14H2,(H,25,27). The highest BCUT2D eigenvalue weighted by Crippen LogP contribution is 2.26. The molecule has 0 saturated carbocycles. The van der Waals surface area contributed by atoms with Gasteiger partial charge < -0.3 is 10.1 Å². The summed E-state index contributed by atoms with van der Waals surface area (Å²) in [6.45, 7) is 0.978. The highest BCUT2D eigenvalue weighted by Gasteiger charge is 2.32. The SMILES string of the molecule is O=C(NCCOc1ccccc1Cl)C1CCN(S(=O)(=O)Cc2c(F)cccc2Cl)CC1. The van der Waals surface area contributed by atoms with Gasteiger partial charge in [0.05, 0.1) is 17.3 Å². The highest BCUT2D eigenvalue weighted by atomic mass is 35.5. The van der Waals surface area contributed by atoms with Crippen LogP contribution in [0.1, 0.15) is 18.4 Å². The minimum absolute atomic E-state index is 0.0393. The van der Waals surface area contributed by atoms with Crippen LogP contribution in [0.5, 0.6) is 5.75 Å². The Morgan fingerprint density at radius 2 is 1.77 bits per heavy atom. The van der Waals surface area contributed by atoms with Crippen LogP contribution in [0.15, 0.2) is 42.5 Å². The van der Waals surface area contributed by atoms with Gasteiger partial charge in [0.25, 0.3) is 0 Å². The molecule has 168 valence electrons. The number of rotatable bonds is 8. The van der Waals surface area contributed by atoms with Crippen molar-refractivity contribution in [2.45, 2.75) is 18.6 Å². The molecule has 1 aliphatic rings. The van der Waals surface area contributed by atoms with E-state index in [0.717, 1.165) is 0 Å². The van der Waals surface area contributed by atoms with Gasteiger partial charge in [-0.05, 0) is 37.1 Å². The molecule has 0 aliphatic carbocycles. The molecule has 6 nitrogen and oxygen atoms in total. The number of carbonyl (C=O) groups is 1. The fourth-order valence-electron chi connectivity index (χ4n) is 3.38. The fourth-order valence-corrected chi connectivity index (χ4v) is 5.49. The Balaban J connectivity index is 1.45. The third-order valence-electron chi connectivity index (χ3n) is 5.10. The molecule has 1 fully saturated rings. The van der Waals surface area contributed by atoms with Crippen molar-refractivity contribution in [3.05, 3.63) is 63.9 Å². The minimum Gasteiger partial charge on any atom is -0.490 e. The summed E-state index contributed by atoms with van der Waals surface area (Å²) in [4.78, 5) is 12.4. The average Bonchev–Trinajstić information content (AvgIpc) is 2.75. The molecule has 0 spiro atoms. The normalized spacial score (nSPS) is 15.6. The van der Waals surface area contributed by atoms with Crippen LogP contribution >= 0.6 is 23.2 Å². The number of hydrogen-bond donors (Lipinski definition) is 1. The number of carbonyl (C=O) groups excluding carboxylic acids is 1. The first-order valence-electron chi connectivity index (χ1n) is 9.83. The van der Waals surface area contributed by atoms with Gasteiger partial charge >= 0.3 is 0 Å². The zero-order chi connectivity index (χ0) is 22.4. The first-order valence-corrected chi connectivity index (χ1v) is 12.2. The van der Waals surface area contributed by atoms with Gasteiger partial charge in [-0.25, -0.2) is 17.1 Å². The molecule has 0 unspecified atom stereocenters. The first-order chi connectivity index (χ1) is 14.8. The molecule has 0 bridgehead atoms. The molecule has 10 heteroatoms. The molecule has 0 aromatic heterocycles. The molecular formula is C21H23Cl2FN2O4S. The van der Waals surface area contributed by atoms with Gasteiger partial charge in [0.15, 0.2) is 0 Å². The average molecular weight is 489 g/mol. The van der Waals surface area contributed by atoms with Crippen LogP contribution in [0.3, 0.4) is 0 Å². The molecular weight excluding hydrogens is 466 g/mol. The predicted octanol–water partition coefficient (Wildman–Crippen LogP) is 3.87. The van der Waals surface area contributed by atoms with E-state index in [9.17, 15) is 17.6 Å². The van der Waals surface area contributed by atoms with Crippen molar-refractivity contribution in [3.63, 3.8) is 0 Å². The molecule has 31 heavy (non-hydrogen) atoms. The maximum atomic E-state index is 14.0. The lowest BCUT2D eigenvalue weighted by Crippen LogP contribution is -2.44. The Morgan fingerprint density at radius 1 is 1.10 bits per heavy atom. The predicted molar refractivity (Wildman–Crippen MR) is 118 cm³/mol. The van der Waals surface area contributed by atoms with Crippen LogP contribution in [0.2, 0.25) is 10.0 Å². The third-order valence-corrected chi connectivity index (χ3v) is 7.57. The summed E-state index contributed by atoms with van der Waals surface area (Å²) in [6, 6.07) is 11.1. The summed E-state index contributed by atoms with van der Waals surface area (Å²) in [5, 5.41) is 3.39. The number of halogens is 3. The maximum absolute atomic E-state index is 14.0. The van der Waals surface area contributed by atoms with Crippen LogP contribution in [0.4, 0.5) is 4.39 Å². The van der Waals surface area contributed by atoms with Gasteiger partial charge in [0.2, 0.25) is 15.9 Å². The summed E-state index contributed by atoms with van der Waals surface area (Å²) in [7, 11) is -3.74. The molecule has 1 heterocycles. The number of hydrogen-bond acceptors (Lipinski definition) is 4. The molecule has 2 aromatic carbocycles. The van der Waals surface area contributed by atoms with Crippen molar-refractivity contribution in [3.8, 4) is 5.75 Å². The quantitative estimate of drug-likeness (QED) is 0.572. The van der Waals surface area contributed by atoms with Gasteiger partial charge in [-0.3, -0.25) is 4.79 Å². The van der Waals surface area contributed by atoms with Gasteiger partial charge in [-0.1, -0.05) is 41.4 Å². The van der Waals surface area contributed by atoms with Crippen molar-refractivity contribution >= 4 is 39.1 Å². The number of sulfonamides is 1. The second-order valence-electron chi connectivity index (χ2n) is 7.20. The van der Waals surface area contributed by atoms with Crippen LogP contribution in [-0.4, -0.2) is 44.9 Å². The largest absolute Gasteiger partial charge is 0.490 e. The van der Waals surface area contributed by atoms with E-state index in [1.54, 1.807) is 18.2 Å². The topological polar surface area (TPSA) is 75.7 Å². The minimum atomic E-state index is -3.74.